The summed E-state index contributed by atoms with van der Waals surface area (Å²) in [6, 6.07) is -0.879. The highest BCUT2D eigenvalue weighted by atomic mass is 16.5. The third-order valence-electron chi connectivity index (χ3n) is 2.79. The predicted molar refractivity (Wildman–Crippen MR) is 57.6 cm³/mol. The minimum absolute atomic E-state index is 0.120. The summed E-state index contributed by atoms with van der Waals surface area (Å²) < 4.78 is 4.54. The van der Waals surface area contributed by atoms with Gasteiger partial charge in [-0.2, -0.15) is 0 Å². The first kappa shape index (κ1) is 11.4. The van der Waals surface area contributed by atoms with Gasteiger partial charge in [0, 0.05) is 6.08 Å². The third kappa shape index (κ3) is 1.93. The maximum absolute atomic E-state index is 11.6. The van der Waals surface area contributed by atoms with Crippen molar-refractivity contribution in [1.29, 1.82) is 0 Å². The zero-order valence-corrected chi connectivity index (χ0v) is 9.25. The summed E-state index contributed by atoms with van der Waals surface area (Å²) in [4.78, 5) is 35.4. The van der Waals surface area contributed by atoms with Crippen molar-refractivity contribution < 1.29 is 19.1 Å². The smallest absolute Gasteiger partial charge is 0.331 e. The molecule has 6 heteroatoms. The maximum Gasteiger partial charge on any atom is 0.331 e. The van der Waals surface area contributed by atoms with Crippen molar-refractivity contribution in [3.05, 3.63) is 24.5 Å². The molecule has 0 saturated carbocycles. The molecule has 90 valence electrons. The Morgan fingerprint density at radius 2 is 2.35 bits per heavy atom. The van der Waals surface area contributed by atoms with Crippen LogP contribution in [0, 0.1) is 5.92 Å². The Morgan fingerprint density at radius 1 is 1.59 bits per heavy atom. The summed E-state index contributed by atoms with van der Waals surface area (Å²) >= 11 is 0. The first-order valence-corrected chi connectivity index (χ1v) is 5.19. The van der Waals surface area contributed by atoms with Crippen LogP contribution in [0.1, 0.15) is 6.42 Å². The lowest BCUT2D eigenvalue weighted by atomic mass is 9.90. The maximum atomic E-state index is 11.6. The van der Waals surface area contributed by atoms with Crippen LogP contribution in [0.5, 0.6) is 0 Å². The molecule has 1 N–H and O–H groups in total. The number of likely N-dealkylation sites (tertiary alicyclic amines) is 1. The lowest BCUT2D eigenvalue weighted by Gasteiger charge is -2.40. The summed E-state index contributed by atoms with van der Waals surface area (Å²) in [6.07, 6.45) is 6.57. The zero-order valence-electron chi connectivity index (χ0n) is 9.25. The number of allylic oxidation sites excluding steroid dienone is 1. The van der Waals surface area contributed by atoms with Gasteiger partial charge in [-0.3, -0.25) is 19.8 Å². The molecule has 1 saturated heterocycles. The molecule has 2 aliphatic rings. The fourth-order valence-corrected chi connectivity index (χ4v) is 1.97. The lowest BCUT2D eigenvalue weighted by molar-refractivity contribution is -0.146. The number of carbonyl (C=O) groups excluding carboxylic acids is 3. The van der Waals surface area contributed by atoms with E-state index >= 15 is 0 Å². The Hall–Kier alpha value is -2.11. The molecule has 0 aromatic carbocycles. The molecular weight excluding hydrogens is 224 g/mol. The van der Waals surface area contributed by atoms with Crippen molar-refractivity contribution in [2.24, 2.45) is 5.92 Å². The Labute approximate surface area is 97.9 Å². The van der Waals surface area contributed by atoms with Crippen LogP contribution in [0.4, 0.5) is 4.79 Å². The number of fused-ring (bicyclic) bond motifs is 1. The van der Waals surface area contributed by atoms with Crippen molar-refractivity contribution in [3.63, 3.8) is 0 Å². The number of β-lactam (4-membered cyclic amide) rings is 1. The average Bonchev–Trinajstić information content (AvgIpc) is 2.70. The number of hydrogen-bond acceptors (Lipinski definition) is 4. The van der Waals surface area contributed by atoms with E-state index in [0.717, 1.165) is 17.2 Å². The summed E-state index contributed by atoms with van der Waals surface area (Å²) in [5.41, 5.74) is 0. The molecule has 1 aliphatic heterocycles. The third-order valence-corrected chi connectivity index (χ3v) is 2.79. The van der Waals surface area contributed by atoms with Crippen LogP contribution in [-0.2, 0) is 14.3 Å². The van der Waals surface area contributed by atoms with Crippen molar-refractivity contribution in [2.75, 3.05) is 7.11 Å². The zero-order chi connectivity index (χ0) is 12.4. The summed E-state index contributed by atoms with van der Waals surface area (Å²) in [5, 5.41) is 2.09. The van der Waals surface area contributed by atoms with E-state index in [-0.39, 0.29) is 17.9 Å². The summed E-state index contributed by atoms with van der Waals surface area (Å²) in [5.74, 6) is -0.971. The number of carbonyl (C=O) groups is 3. The van der Waals surface area contributed by atoms with Crippen LogP contribution in [0.2, 0.25) is 0 Å². The Balaban J connectivity index is 1.93. The van der Waals surface area contributed by atoms with Crippen molar-refractivity contribution in [2.45, 2.75) is 12.5 Å². The number of amides is 4. The minimum atomic E-state index is -0.687. The lowest BCUT2D eigenvalue weighted by Crippen LogP contribution is -2.63. The van der Waals surface area contributed by atoms with E-state index in [0.29, 0.717) is 6.42 Å². The van der Waals surface area contributed by atoms with Gasteiger partial charge in [-0.15, -0.1) is 0 Å². The van der Waals surface area contributed by atoms with Crippen LogP contribution in [0.25, 0.3) is 0 Å². The molecule has 1 heterocycles. The second-order valence-electron chi connectivity index (χ2n) is 3.80. The number of hydrogen-bond donors (Lipinski definition) is 1. The summed E-state index contributed by atoms with van der Waals surface area (Å²) in [6.45, 7) is 0. The van der Waals surface area contributed by atoms with Crippen molar-refractivity contribution >= 4 is 17.8 Å². The fourth-order valence-electron chi connectivity index (χ4n) is 1.97. The van der Waals surface area contributed by atoms with Crippen LogP contribution in [-0.4, -0.2) is 35.9 Å². The van der Waals surface area contributed by atoms with Gasteiger partial charge in [0.15, 0.2) is 0 Å². The summed E-state index contributed by atoms with van der Waals surface area (Å²) in [7, 11) is 1.39. The topological polar surface area (TPSA) is 75.7 Å². The monoisotopic (exact) mass is 236 g/mol. The number of imide groups is 2. The van der Waals surface area contributed by atoms with E-state index in [1.54, 1.807) is 6.08 Å². The fraction of sp³-hybridized carbons (Fsp3) is 0.364. The Morgan fingerprint density at radius 3 is 3.06 bits per heavy atom. The van der Waals surface area contributed by atoms with Gasteiger partial charge < -0.3 is 4.74 Å². The molecule has 0 aromatic heterocycles. The van der Waals surface area contributed by atoms with E-state index in [1.165, 1.54) is 7.11 Å². The second-order valence-corrected chi connectivity index (χ2v) is 3.80. The predicted octanol–water partition coefficient (Wildman–Crippen LogP) is 0.170. The molecule has 1 fully saturated rings. The van der Waals surface area contributed by atoms with Gasteiger partial charge in [-0.1, -0.05) is 12.2 Å². The van der Waals surface area contributed by atoms with Gasteiger partial charge in [0.1, 0.15) is 0 Å². The van der Waals surface area contributed by atoms with Gasteiger partial charge in [-0.05, 0) is 6.42 Å². The molecule has 0 unspecified atom stereocenters. The average molecular weight is 236 g/mol. The molecule has 0 bridgehead atoms. The number of ether oxygens (including phenoxy) is 1. The molecule has 6 nitrogen and oxygen atoms in total. The van der Waals surface area contributed by atoms with Crippen LogP contribution >= 0.6 is 0 Å². The SMILES string of the molecule is CO/C=C/C(=O)NC(=O)N1C(=O)[C@@H]2CC=C[C@@H]21. The van der Waals surface area contributed by atoms with Gasteiger partial charge >= 0.3 is 6.03 Å². The molecule has 0 radical (unpaired) electrons. The molecule has 4 amide bonds. The molecule has 17 heavy (non-hydrogen) atoms. The standard InChI is InChI=1S/C11H12N2O4/c1-17-6-5-9(14)12-11(16)13-8-4-2-3-7(8)10(13)15/h2,4-8H,3H2,1H3,(H,12,14,16)/b6-5+/t7-,8+/m1/s1. The van der Waals surface area contributed by atoms with Gasteiger partial charge in [0.2, 0.25) is 5.91 Å². The number of methoxy groups -OCH3 is 1. The van der Waals surface area contributed by atoms with Crippen LogP contribution < -0.4 is 5.32 Å². The quantitative estimate of drug-likeness (QED) is 0.321. The normalized spacial score (nSPS) is 25.7. The highest BCUT2D eigenvalue weighted by Crippen LogP contribution is 2.35. The second kappa shape index (κ2) is 4.40. The molecule has 1 aliphatic carbocycles. The number of nitrogens with one attached hydrogen (secondary N) is 1. The number of urea groups is 1. The van der Waals surface area contributed by atoms with Crippen LogP contribution in [0.15, 0.2) is 24.5 Å². The van der Waals surface area contributed by atoms with Gasteiger partial charge in [0.05, 0.1) is 25.3 Å². The largest absolute Gasteiger partial charge is 0.504 e. The van der Waals surface area contributed by atoms with E-state index in [1.807, 2.05) is 6.08 Å². The van der Waals surface area contributed by atoms with Gasteiger partial charge in [0.25, 0.3) is 5.91 Å². The Kier molecular flexibility index (Phi) is 2.95. The molecular formula is C11H12N2O4. The van der Waals surface area contributed by atoms with Gasteiger partial charge in [-0.25, -0.2) is 4.79 Å². The molecule has 0 spiro atoms. The van der Waals surface area contributed by atoms with E-state index < -0.39 is 11.9 Å². The minimum Gasteiger partial charge on any atom is -0.504 e. The Bertz CT molecular complexity index is 427. The first-order chi connectivity index (χ1) is 8.15. The van der Waals surface area contributed by atoms with Crippen molar-refractivity contribution in [3.8, 4) is 0 Å². The molecule has 0 aromatic rings. The highest BCUT2D eigenvalue weighted by molar-refractivity contribution is 6.09. The first-order valence-electron chi connectivity index (χ1n) is 5.19. The molecule has 2 atom stereocenters. The van der Waals surface area contributed by atoms with Crippen LogP contribution in [0.3, 0.4) is 0 Å². The van der Waals surface area contributed by atoms with E-state index in [9.17, 15) is 14.4 Å². The van der Waals surface area contributed by atoms with E-state index in [4.69, 9.17) is 0 Å². The number of nitrogens with zero attached hydrogens (tertiary/aromatic N) is 1. The highest BCUT2D eigenvalue weighted by Gasteiger charge is 2.50. The van der Waals surface area contributed by atoms with Crippen molar-refractivity contribution in [1.82, 2.24) is 10.2 Å². The van der Waals surface area contributed by atoms with E-state index in [2.05, 4.69) is 10.1 Å². The molecule has 2 rings (SSSR count). The number of rotatable bonds is 2.